The normalized spacial score (nSPS) is 43.7. The molecule has 2 aliphatic heterocycles. The lowest BCUT2D eigenvalue weighted by molar-refractivity contribution is 0.0822. The molecule has 3 aliphatic rings. The van der Waals surface area contributed by atoms with Gasteiger partial charge in [0.1, 0.15) is 6.17 Å². The Morgan fingerprint density at radius 2 is 2.06 bits per heavy atom. The minimum absolute atomic E-state index is 0.0278. The van der Waals surface area contributed by atoms with Crippen LogP contribution in [0.1, 0.15) is 32.1 Å². The summed E-state index contributed by atoms with van der Waals surface area (Å²) in [5.74, 6) is 0. The van der Waals surface area contributed by atoms with Crippen LogP contribution < -0.4 is 5.32 Å². The van der Waals surface area contributed by atoms with Gasteiger partial charge in [-0.25, -0.2) is 4.39 Å². The fourth-order valence-electron chi connectivity index (χ4n) is 3.48. The van der Waals surface area contributed by atoms with Gasteiger partial charge in [-0.15, -0.1) is 0 Å². The molecule has 2 heterocycles. The van der Waals surface area contributed by atoms with Gasteiger partial charge in [0.2, 0.25) is 0 Å². The minimum Gasteiger partial charge on any atom is -0.437 e. The van der Waals surface area contributed by atoms with Crippen LogP contribution in [-0.2, 0) is 0 Å². The number of hydrogen-bond donors (Lipinski definition) is 2. The molecule has 0 aromatic rings. The number of fused-ring (bicyclic) bond motifs is 2. The van der Waals surface area contributed by atoms with E-state index in [1.54, 1.807) is 6.82 Å². The summed E-state index contributed by atoms with van der Waals surface area (Å²) in [6.45, 7) is 1.76. The number of halogens is 1. The van der Waals surface area contributed by atoms with Crippen molar-refractivity contribution in [3.63, 3.8) is 0 Å². The quantitative estimate of drug-likeness (QED) is 0.698. The van der Waals surface area contributed by atoms with Crippen LogP contribution in [-0.4, -0.2) is 47.2 Å². The molecular formula is C11H20BFN2O. The number of nitrogens with zero attached hydrogens (tertiary/aromatic N) is 1. The maximum Gasteiger partial charge on any atom is 0.376 e. The summed E-state index contributed by atoms with van der Waals surface area (Å²) < 4.78 is 14.3. The second kappa shape index (κ2) is 3.96. The van der Waals surface area contributed by atoms with Gasteiger partial charge >= 0.3 is 7.05 Å². The Morgan fingerprint density at radius 3 is 2.69 bits per heavy atom. The lowest BCUT2D eigenvalue weighted by Crippen LogP contribution is -2.60. The van der Waals surface area contributed by atoms with Crippen molar-refractivity contribution < 1.29 is 9.41 Å². The Hall–Kier alpha value is -0.125. The fraction of sp³-hybridized carbons (Fsp3) is 1.00. The van der Waals surface area contributed by atoms with E-state index in [4.69, 9.17) is 0 Å². The van der Waals surface area contributed by atoms with Gasteiger partial charge in [0.05, 0.1) is 0 Å². The highest BCUT2D eigenvalue weighted by Crippen LogP contribution is 2.38. The first-order chi connectivity index (χ1) is 7.66. The zero-order valence-corrected chi connectivity index (χ0v) is 9.77. The van der Waals surface area contributed by atoms with Crippen LogP contribution in [0.25, 0.3) is 0 Å². The van der Waals surface area contributed by atoms with Crippen LogP contribution in [0.15, 0.2) is 0 Å². The summed E-state index contributed by atoms with van der Waals surface area (Å²) in [6, 6.07) is 0.920. The van der Waals surface area contributed by atoms with Crippen molar-refractivity contribution in [2.45, 2.75) is 69.3 Å². The predicted molar refractivity (Wildman–Crippen MR) is 61.9 cm³/mol. The monoisotopic (exact) mass is 226 g/mol. The highest BCUT2D eigenvalue weighted by molar-refractivity contribution is 6.45. The molecule has 0 radical (unpaired) electrons. The summed E-state index contributed by atoms with van der Waals surface area (Å²) in [7, 11) is -0.502. The van der Waals surface area contributed by atoms with Crippen LogP contribution in [0.4, 0.5) is 4.39 Å². The Kier molecular flexibility index (Phi) is 2.72. The number of piperidine rings is 1. The van der Waals surface area contributed by atoms with E-state index in [2.05, 4.69) is 5.32 Å². The summed E-state index contributed by atoms with van der Waals surface area (Å²) in [5.41, 5.74) is 0. The minimum atomic E-state index is -0.811. The van der Waals surface area contributed by atoms with Crippen molar-refractivity contribution in [3.8, 4) is 0 Å². The third kappa shape index (κ3) is 1.79. The Labute approximate surface area is 96.5 Å². The molecule has 0 amide bonds. The second-order valence-electron chi connectivity index (χ2n) is 5.61. The average molecular weight is 226 g/mol. The van der Waals surface area contributed by atoms with Gasteiger partial charge in [-0.3, -0.25) is 0 Å². The van der Waals surface area contributed by atoms with E-state index in [-0.39, 0.29) is 12.1 Å². The third-order valence-electron chi connectivity index (χ3n) is 4.34. The van der Waals surface area contributed by atoms with E-state index < -0.39 is 13.2 Å². The van der Waals surface area contributed by atoms with E-state index in [1.165, 1.54) is 12.8 Å². The maximum absolute atomic E-state index is 14.3. The second-order valence-corrected chi connectivity index (χ2v) is 5.61. The Morgan fingerprint density at radius 1 is 1.31 bits per heavy atom. The van der Waals surface area contributed by atoms with Crippen molar-refractivity contribution in [1.82, 2.24) is 10.1 Å². The number of alkyl halides is 1. The molecule has 4 atom stereocenters. The van der Waals surface area contributed by atoms with Gasteiger partial charge in [0.25, 0.3) is 0 Å². The summed E-state index contributed by atoms with van der Waals surface area (Å²) in [4.78, 5) is 1.98. The number of rotatable bonds is 3. The summed E-state index contributed by atoms with van der Waals surface area (Å²) in [5, 5.41) is 13.1. The smallest absolute Gasteiger partial charge is 0.376 e. The summed E-state index contributed by atoms with van der Waals surface area (Å²) >= 11 is 0. The Bertz CT molecular complexity index is 275. The van der Waals surface area contributed by atoms with Gasteiger partial charge in [-0.05, 0) is 38.9 Å². The van der Waals surface area contributed by atoms with Gasteiger partial charge < -0.3 is 15.2 Å². The first-order valence-electron chi connectivity index (χ1n) is 6.52. The van der Waals surface area contributed by atoms with Crippen LogP contribution >= 0.6 is 0 Å². The largest absolute Gasteiger partial charge is 0.437 e. The number of nitrogens with one attached hydrogen (secondary N) is 1. The molecule has 1 saturated carbocycles. The van der Waals surface area contributed by atoms with E-state index in [9.17, 15) is 9.41 Å². The van der Waals surface area contributed by atoms with Gasteiger partial charge in [-0.1, -0.05) is 0 Å². The van der Waals surface area contributed by atoms with Crippen molar-refractivity contribution in [3.05, 3.63) is 0 Å². The molecule has 3 rings (SSSR count). The molecule has 5 heteroatoms. The van der Waals surface area contributed by atoms with Gasteiger partial charge in [-0.2, -0.15) is 0 Å². The lowest BCUT2D eigenvalue weighted by atomic mass is 9.78. The highest BCUT2D eigenvalue weighted by atomic mass is 19.1. The molecule has 3 nitrogen and oxygen atoms in total. The van der Waals surface area contributed by atoms with E-state index in [0.717, 1.165) is 19.3 Å². The van der Waals surface area contributed by atoms with E-state index in [1.807, 2.05) is 4.81 Å². The van der Waals surface area contributed by atoms with Gasteiger partial charge in [0, 0.05) is 24.2 Å². The first-order valence-corrected chi connectivity index (χ1v) is 6.52. The fourth-order valence-corrected chi connectivity index (χ4v) is 3.48. The van der Waals surface area contributed by atoms with Crippen LogP contribution in [0.2, 0.25) is 6.82 Å². The molecule has 2 unspecified atom stereocenters. The third-order valence-corrected chi connectivity index (χ3v) is 4.34. The van der Waals surface area contributed by atoms with Crippen molar-refractivity contribution in [1.29, 1.82) is 0 Å². The van der Waals surface area contributed by atoms with Crippen LogP contribution in [0, 0.1) is 0 Å². The van der Waals surface area contributed by atoms with Crippen LogP contribution in [0.5, 0.6) is 0 Å². The Balaban J connectivity index is 1.70. The molecule has 16 heavy (non-hydrogen) atoms. The van der Waals surface area contributed by atoms with Gasteiger partial charge in [0.15, 0.2) is 0 Å². The van der Waals surface area contributed by atoms with E-state index >= 15 is 0 Å². The molecular weight excluding hydrogens is 206 g/mol. The standard InChI is InChI=1S/C11H20BFN2O/c1-12(16)15-8-4-5-10(15)11(13)9(6-8)14-7-2-3-7/h7-11,14,16H,2-6H2,1H3/t8?,9-,10?,11-/m0/s1. The molecule has 1 aliphatic carbocycles. The molecule has 0 spiro atoms. The topological polar surface area (TPSA) is 35.5 Å². The zero-order valence-electron chi connectivity index (χ0n) is 9.77. The van der Waals surface area contributed by atoms with E-state index in [0.29, 0.717) is 12.1 Å². The van der Waals surface area contributed by atoms with Crippen molar-refractivity contribution >= 4 is 7.05 Å². The van der Waals surface area contributed by atoms with Crippen LogP contribution in [0.3, 0.4) is 0 Å². The SMILES string of the molecule is CB(O)N1C2CCC1[C@@H](F)[C@@H](NC1CC1)C2. The summed E-state index contributed by atoms with van der Waals surface area (Å²) in [6.07, 6.45) is 4.41. The zero-order chi connectivity index (χ0) is 11.3. The average Bonchev–Trinajstić information content (AvgIpc) is 2.95. The molecule has 2 N–H and O–H groups in total. The molecule has 3 fully saturated rings. The molecule has 2 saturated heterocycles. The van der Waals surface area contributed by atoms with Crippen molar-refractivity contribution in [2.75, 3.05) is 0 Å². The van der Waals surface area contributed by atoms with Crippen molar-refractivity contribution in [2.24, 2.45) is 0 Å². The molecule has 2 bridgehead atoms. The predicted octanol–water partition coefficient (Wildman–Crippen LogP) is 0.792. The lowest BCUT2D eigenvalue weighted by Gasteiger charge is -2.42. The molecule has 90 valence electrons. The first kappa shape index (κ1) is 11.0. The molecule has 0 aromatic heterocycles. The highest BCUT2D eigenvalue weighted by Gasteiger charge is 2.50. The maximum atomic E-state index is 14.3. The number of hydrogen-bond acceptors (Lipinski definition) is 3. The molecule has 0 aromatic carbocycles.